The summed E-state index contributed by atoms with van der Waals surface area (Å²) in [5.74, 6) is -1.77. The lowest BCUT2D eigenvalue weighted by molar-refractivity contribution is -0.116. The predicted molar refractivity (Wildman–Crippen MR) is 99.2 cm³/mol. The number of ether oxygens (including phenoxy) is 1. The zero-order chi connectivity index (χ0) is 20.9. The van der Waals surface area contributed by atoms with Crippen LogP contribution in [0.15, 0.2) is 45.9 Å². The Bertz CT molecular complexity index is 976. The Morgan fingerprint density at radius 1 is 1.11 bits per heavy atom. The number of hydrogen-bond donors (Lipinski definition) is 2. The van der Waals surface area contributed by atoms with Gasteiger partial charge in [0.1, 0.15) is 0 Å². The van der Waals surface area contributed by atoms with E-state index in [1.165, 1.54) is 12.1 Å². The van der Waals surface area contributed by atoms with E-state index >= 15 is 0 Å². The van der Waals surface area contributed by atoms with Crippen LogP contribution in [-0.2, 0) is 19.6 Å². The molecule has 150 valence electrons. The highest BCUT2D eigenvalue weighted by atomic mass is 32.2. The average Bonchev–Trinajstić information content (AvgIpc) is 3.10. The van der Waals surface area contributed by atoms with Crippen LogP contribution in [0.4, 0.5) is 5.69 Å². The minimum absolute atomic E-state index is 0.125. The number of hydrogen-bond acceptors (Lipinski definition) is 7. The summed E-state index contributed by atoms with van der Waals surface area (Å²) in [5, 5.41) is 7.02. The molecule has 0 aliphatic rings. The van der Waals surface area contributed by atoms with Gasteiger partial charge in [-0.3, -0.25) is 9.59 Å². The normalized spacial score (nSPS) is 11.3. The molecular formula is C18H20N2O7S. The van der Waals surface area contributed by atoms with Crippen LogP contribution >= 0.6 is 0 Å². The van der Waals surface area contributed by atoms with Crippen LogP contribution in [-0.4, -0.2) is 32.7 Å². The van der Waals surface area contributed by atoms with E-state index < -0.39 is 33.5 Å². The molecule has 9 nitrogen and oxygen atoms in total. The number of anilines is 1. The van der Waals surface area contributed by atoms with Gasteiger partial charge in [0.15, 0.2) is 12.4 Å². The molecule has 0 saturated carbocycles. The third-order valence-corrected chi connectivity index (χ3v) is 4.26. The van der Waals surface area contributed by atoms with Crippen LogP contribution in [0.3, 0.4) is 0 Å². The van der Waals surface area contributed by atoms with Gasteiger partial charge in [-0.1, -0.05) is 13.8 Å². The summed E-state index contributed by atoms with van der Waals surface area (Å²) in [7, 11) is -4.08. The number of ketones is 1. The van der Waals surface area contributed by atoms with Crippen molar-refractivity contribution in [2.45, 2.75) is 25.4 Å². The second-order valence-corrected chi connectivity index (χ2v) is 7.88. The average molecular weight is 408 g/mol. The number of nitrogens with one attached hydrogen (secondary N) is 1. The van der Waals surface area contributed by atoms with Gasteiger partial charge in [0.2, 0.25) is 16.8 Å². The summed E-state index contributed by atoms with van der Waals surface area (Å²) in [6.45, 7) is 3.30. The Labute approximate surface area is 161 Å². The first-order valence-electron chi connectivity index (χ1n) is 8.29. The highest BCUT2D eigenvalue weighted by Crippen LogP contribution is 2.14. The minimum atomic E-state index is -4.08. The van der Waals surface area contributed by atoms with Gasteiger partial charge in [-0.15, -0.1) is 0 Å². The van der Waals surface area contributed by atoms with Gasteiger partial charge in [-0.2, -0.15) is 0 Å². The minimum Gasteiger partial charge on any atom is -0.451 e. The van der Waals surface area contributed by atoms with Crippen molar-refractivity contribution in [3.8, 4) is 0 Å². The molecule has 1 aromatic heterocycles. The summed E-state index contributed by atoms with van der Waals surface area (Å²) in [4.78, 5) is 35.7. The van der Waals surface area contributed by atoms with E-state index in [2.05, 4.69) is 5.32 Å². The Kier molecular flexibility index (Phi) is 6.71. The maximum Gasteiger partial charge on any atom is 0.374 e. The summed E-state index contributed by atoms with van der Waals surface area (Å²) in [6, 6.07) is 8.22. The van der Waals surface area contributed by atoms with Crippen molar-refractivity contribution >= 4 is 33.4 Å². The summed E-state index contributed by atoms with van der Waals surface area (Å²) < 4.78 is 31.8. The van der Waals surface area contributed by atoms with Gasteiger partial charge >= 0.3 is 5.97 Å². The third kappa shape index (κ3) is 6.03. The lowest BCUT2D eigenvalue weighted by Crippen LogP contribution is -2.15. The number of nitrogens with two attached hydrogens (primary N) is 1. The zero-order valence-corrected chi connectivity index (χ0v) is 16.1. The number of carbonyl (C=O) groups is 3. The Balaban J connectivity index is 1.91. The van der Waals surface area contributed by atoms with Crippen LogP contribution < -0.4 is 10.5 Å². The van der Waals surface area contributed by atoms with Crippen molar-refractivity contribution in [1.29, 1.82) is 0 Å². The first kappa shape index (κ1) is 21.3. The smallest absolute Gasteiger partial charge is 0.374 e. The molecule has 3 N–H and O–H groups in total. The molecule has 2 aromatic rings. The van der Waals surface area contributed by atoms with Gasteiger partial charge in [-0.25, -0.2) is 18.4 Å². The van der Waals surface area contributed by atoms with Crippen molar-refractivity contribution in [3.63, 3.8) is 0 Å². The van der Waals surface area contributed by atoms with E-state index in [0.29, 0.717) is 12.1 Å². The Morgan fingerprint density at radius 3 is 2.29 bits per heavy atom. The second kappa shape index (κ2) is 8.81. The summed E-state index contributed by atoms with van der Waals surface area (Å²) >= 11 is 0. The molecule has 1 heterocycles. The monoisotopic (exact) mass is 408 g/mol. The van der Waals surface area contributed by atoms with E-state index in [1.807, 2.05) is 13.8 Å². The molecule has 0 saturated heterocycles. The van der Waals surface area contributed by atoms with E-state index in [9.17, 15) is 22.8 Å². The zero-order valence-electron chi connectivity index (χ0n) is 15.3. The van der Waals surface area contributed by atoms with Crippen molar-refractivity contribution < 1.29 is 32.0 Å². The van der Waals surface area contributed by atoms with E-state index in [1.54, 1.807) is 12.1 Å². The molecule has 0 atom stereocenters. The molecule has 0 aliphatic heterocycles. The lowest BCUT2D eigenvalue weighted by atomic mass is 10.1. The predicted octanol–water partition coefficient (Wildman–Crippen LogP) is 1.95. The number of amides is 1. The largest absolute Gasteiger partial charge is 0.451 e. The first-order valence-corrected chi connectivity index (χ1v) is 9.84. The number of sulfonamides is 1. The SMILES string of the molecule is CC(C)CC(=O)Nc1ccc(C(=O)COC(=O)c2ccc(S(N)(=O)=O)o2)cc1. The molecule has 28 heavy (non-hydrogen) atoms. The van der Waals surface area contributed by atoms with Crippen LogP contribution in [0.25, 0.3) is 0 Å². The molecule has 0 bridgehead atoms. The third-order valence-electron chi connectivity index (χ3n) is 3.48. The maximum atomic E-state index is 12.1. The van der Waals surface area contributed by atoms with Crippen LogP contribution in [0.5, 0.6) is 0 Å². The molecule has 0 fully saturated rings. The fraction of sp³-hybridized carbons (Fsp3) is 0.278. The summed E-state index contributed by atoms with van der Waals surface area (Å²) in [6.07, 6.45) is 0.386. The second-order valence-electron chi connectivity index (χ2n) is 6.39. The molecule has 0 radical (unpaired) electrons. The lowest BCUT2D eigenvalue weighted by Gasteiger charge is -2.08. The van der Waals surface area contributed by atoms with Gasteiger partial charge in [-0.05, 0) is 42.3 Å². The molecule has 10 heteroatoms. The number of carbonyl (C=O) groups excluding carboxylic acids is 3. The van der Waals surface area contributed by atoms with Crippen molar-refractivity contribution in [1.82, 2.24) is 0 Å². The van der Waals surface area contributed by atoms with Gasteiger partial charge in [0, 0.05) is 17.7 Å². The molecule has 0 spiro atoms. The van der Waals surface area contributed by atoms with Crippen LogP contribution in [0, 0.1) is 5.92 Å². The van der Waals surface area contributed by atoms with Crippen molar-refractivity contribution in [2.24, 2.45) is 11.1 Å². The van der Waals surface area contributed by atoms with Crippen molar-refractivity contribution in [3.05, 3.63) is 47.7 Å². The Morgan fingerprint density at radius 2 is 1.75 bits per heavy atom. The van der Waals surface area contributed by atoms with Crippen LogP contribution in [0.1, 0.15) is 41.2 Å². The number of esters is 1. The number of rotatable bonds is 8. The van der Waals surface area contributed by atoms with Gasteiger partial charge < -0.3 is 14.5 Å². The van der Waals surface area contributed by atoms with E-state index in [4.69, 9.17) is 14.3 Å². The molecule has 0 aliphatic carbocycles. The fourth-order valence-corrected chi connectivity index (χ4v) is 2.65. The number of Topliss-reactive ketones (excluding diaryl/α,β-unsaturated/α-hetero) is 1. The maximum absolute atomic E-state index is 12.1. The Hall–Kier alpha value is -2.98. The molecule has 1 aromatic carbocycles. The van der Waals surface area contributed by atoms with Gasteiger partial charge in [0.05, 0.1) is 0 Å². The van der Waals surface area contributed by atoms with Crippen LogP contribution in [0.2, 0.25) is 0 Å². The highest BCUT2D eigenvalue weighted by Gasteiger charge is 2.19. The number of benzene rings is 1. The number of primary sulfonamides is 1. The molecule has 2 rings (SSSR count). The van der Waals surface area contributed by atoms with E-state index in [-0.39, 0.29) is 23.1 Å². The highest BCUT2D eigenvalue weighted by molar-refractivity contribution is 7.89. The van der Waals surface area contributed by atoms with E-state index in [0.717, 1.165) is 12.1 Å². The molecule has 0 unspecified atom stereocenters. The summed E-state index contributed by atoms with van der Waals surface area (Å²) in [5.41, 5.74) is 0.824. The van der Waals surface area contributed by atoms with Gasteiger partial charge in [0.25, 0.3) is 10.0 Å². The molecule has 1 amide bonds. The topological polar surface area (TPSA) is 146 Å². The first-order chi connectivity index (χ1) is 13.1. The quantitative estimate of drug-likeness (QED) is 0.501. The molecular weight excluding hydrogens is 388 g/mol. The standard InChI is InChI=1S/C18H20N2O7S/c1-11(2)9-16(22)20-13-5-3-12(4-6-13)14(21)10-26-18(23)15-7-8-17(27-15)28(19,24)25/h3-8,11H,9-10H2,1-2H3,(H,20,22)(H2,19,24,25). The van der Waals surface area contributed by atoms with Crippen molar-refractivity contribution in [2.75, 3.05) is 11.9 Å². The fourth-order valence-electron chi connectivity index (χ4n) is 2.19. The number of furan rings is 1.